The Morgan fingerprint density at radius 2 is 2.00 bits per heavy atom. The molecule has 4 heteroatoms. The summed E-state index contributed by atoms with van der Waals surface area (Å²) in [6, 6.07) is 8.81. The van der Waals surface area contributed by atoms with E-state index in [4.69, 9.17) is 4.74 Å². The normalized spacial score (nSPS) is 31.3. The summed E-state index contributed by atoms with van der Waals surface area (Å²) in [7, 11) is 0. The SMILES string of the molecule is O[C@H]1[C@@H](C2c3ccccc3-c3cncn32)CCC12CCOCC2. The van der Waals surface area contributed by atoms with Crippen molar-refractivity contribution in [1.29, 1.82) is 0 Å². The molecule has 2 aromatic rings. The van der Waals surface area contributed by atoms with E-state index in [2.05, 4.69) is 33.8 Å². The number of imidazole rings is 1. The van der Waals surface area contributed by atoms with Gasteiger partial charge in [-0.3, -0.25) is 0 Å². The van der Waals surface area contributed by atoms with E-state index < -0.39 is 0 Å². The smallest absolute Gasteiger partial charge is 0.0956 e. The molecule has 3 heterocycles. The standard InChI is InChI=1S/C19H22N2O2/c22-18-15(5-6-19(18)7-9-23-10-8-19)17-14-4-2-1-3-13(14)16-11-20-12-21(16)17/h1-4,11-12,15,17-18,22H,5-10H2/t15-,17?,18+/m1/s1. The van der Waals surface area contributed by atoms with E-state index in [1.807, 2.05) is 12.5 Å². The molecule has 1 saturated heterocycles. The van der Waals surface area contributed by atoms with Crippen LogP contribution in [0.25, 0.3) is 11.3 Å². The molecule has 23 heavy (non-hydrogen) atoms. The fourth-order valence-electron chi connectivity index (χ4n) is 5.18. The first-order valence-corrected chi connectivity index (χ1v) is 8.67. The molecule has 1 saturated carbocycles. The maximum Gasteiger partial charge on any atom is 0.0956 e. The third-order valence-corrected chi connectivity index (χ3v) is 6.42. The summed E-state index contributed by atoms with van der Waals surface area (Å²) in [6.45, 7) is 1.59. The van der Waals surface area contributed by atoms with E-state index in [1.54, 1.807) is 0 Å². The van der Waals surface area contributed by atoms with Gasteiger partial charge in [-0.05, 0) is 31.2 Å². The first-order chi connectivity index (χ1) is 11.3. The van der Waals surface area contributed by atoms with Gasteiger partial charge in [-0.2, -0.15) is 0 Å². The zero-order valence-corrected chi connectivity index (χ0v) is 13.2. The molecular weight excluding hydrogens is 288 g/mol. The highest BCUT2D eigenvalue weighted by atomic mass is 16.5. The van der Waals surface area contributed by atoms with Gasteiger partial charge in [0.15, 0.2) is 0 Å². The minimum Gasteiger partial charge on any atom is -0.392 e. The summed E-state index contributed by atoms with van der Waals surface area (Å²) in [5, 5.41) is 11.2. The number of benzene rings is 1. The molecule has 2 aliphatic heterocycles. The van der Waals surface area contributed by atoms with Crippen LogP contribution in [0.1, 0.15) is 37.3 Å². The number of ether oxygens (including phenoxy) is 1. The number of hydrogen-bond acceptors (Lipinski definition) is 3. The summed E-state index contributed by atoms with van der Waals surface area (Å²) in [5.41, 5.74) is 3.88. The van der Waals surface area contributed by atoms with Gasteiger partial charge in [0.25, 0.3) is 0 Å². The molecule has 1 aromatic carbocycles. The molecule has 4 nitrogen and oxygen atoms in total. The van der Waals surface area contributed by atoms with Gasteiger partial charge in [0, 0.05) is 30.1 Å². The van der Waals surface area contributed by atoms with Crippen LogP contribution in [0.3, 0.4) is 0 Å². The van der Waals surface area contributed by atoms with Gasteiger partial charge in [0.1, 0.15) is 0 Å². The van der Waals surface area contributed by atoms with E-state index in [1.165, 1.54) is 16.8 Å². The van der Waals surface area contributed by atoms with Crippen LogP contribution in [0.2, 0.25) is 0 Å². The third kappa shape index (κ3) is 1.82. The van der Waals surface area contributed by atoms with Crippen molar-refractivity contribution < 1.29 is 9.84 Å². The Kier molecular flexibility index (Phi) is 2.94. The van der Waals surface area contributed by atoms with Gasteiger partial charge < -0.3 is 14.4 Å². The fraction of sp³-hybridized carbons (Fsp3) is 0.526. The number of rotatable bonds is 1. The summed E-state index contributed by atoms with van der Waals surface area (Å²) < 4.78 is 7.81. The Balaban J connectivity index is 1.56. The Morgan fingerprint density at radius 1 is 1.17 bits per heavy atom. The zero-order chi connectivity index (χ0) is 15.4. The van der Waals surface area contributed by atoms with Crippen LogP contribution in [-0.2, 0) is 4.74 Å². The summed E-state index contributed by atoms with van der Waals surface area (Å²) in [6.07, 6.45) is 7.82. The predicted octanol–water partition coefficient (Wildman–Crippen LogP) is 3.02. The second-order valence-corrected chi connectivity index (χ2v) is 7.34. The van der Waals surface area contributed by atoms with Crippen LogP contribution < -0.4 is 0 Å². The summed E-state index contributed by atoms with van der Waals surface area (Å²) in [4.78, 5) is 4.35. The topological polar surface area (TPSA) is 47.3 Å². The highest BCUT2D eigenvalue weighted by Gasteiger charge is 2.52. The number of fused-ring (bicyclic) bond motifs is 3. The highest BCUT2D eigenvalue weighted by Crippen LogP contribution is 2.55. The van der Waals surface area contributed by atoms with Gasteiger partial charge in [-0.25, -0.2) is 4.98 Å². The van der Waals surface area contributed by atoms with Crippen molar-refractivity contribution in [3.63, 3.8) is 0 Å². The third-order valence-electron chi connectivity index (χ3n) is 6.42. The molecule has 2 fully saturated rings. The molecule has 1 N–H and O–H groups in total. The Morgan fingerprint density at radius 3 is 2.87 bits per heavy atom. The molecule has 1 aromatic heterocycles. The molecule has 120 valence electrons. The molecule has 0 radical (unpaired) electrons. The number of aliphatic hydroxyl groups is 1. The molecule has 0 amide bonds. The van der Waals surface area contributed by atoms with E-state index in [0.717, 1.165) is 38.9 Å². The minimum absolute atomic E-state index is 0.0706. The Labute approximate surface area is 136 Å². The number of aromatic nitrogens is 2. The van der Waals surface area contributed by atoms with Gasteiger partial charge in [0.2, 0.25) is 0 Å². The van der Waals surface area contributed by atoms with Crippen LogP contribution >= 0.6 is 0 Å². The van der Waals surface area contributed by atoms with Gasteiger partial charge in [-0.1, -0.05) is 24.3 Å². The van der Waals surface area contributed by atoms with Crippen molar-refractivity contribution in [3.05, 3.63) is 42.4 Å². The van der Waals surface area contributed by atoms with Crippen LogP contribution in [0.5, 0.6) is 0 Å². The molecule has 3 aliphatic rings. The lowest BCUT2D eigenvalue weighted by molar-refractivity contribution is -0.0597. The molecule has 1 spiro atoms. The van der Waals surface area contributed by atoms with E-state index in [9.17, 15) is 5.11 Å². The van der Waals surface area contributed by atoms with Crippen LogP contribution in [0.15, 0.2) is 36.8 Å². The van der Waals surface area contributed by atoms with E-state index in [0.29, 0.717) is 0 Å². The van der Waals surface area contributed by atoms with Gasteiger partial charge in [-0.15, -0.1) is 0 Å². The van der Waals surface area contributed by atoms with Crippen molar-refractivity contribution in [2.24, 2.45) is 11.3 Å². The van der Waals surface area contributed by atoms with Gasteiger partial charge >= 0.3 is 0 Å². The Hall–Kier alpha value is -1.65. The van der Waals surface area contributed by atoms with Crippen LogP contribution in [-0.4, -0.2) is 34.0 Å². The van der Waals surface area contributed by atoms with Crippen molar-refractivity contribution in [1.82, 2.24) is 9.55 Å². The lowest BCUT2D eigenvalue weighted by Gasteiger charge is -2.38. The number of nitrogens with zero attached hydrogens (tertiary/aromatic N) is 2. The molecule has 0 bridgehead atoms. The van der Waals surface area contributed by atoms with E-state index in [-0.39, 0.29) is 23.5 Å². The molecule has 3 atom stereocenters. The minimum atomic E-state index is -0.252. The average molecular weight is 310 g/mol. The quantitative estimate of drug-likeness (QED) is 0.881. The van der Waals surface area contributed by atoms with Crippen molar-refractivity contribution in [2.45, 2.75) is 37.8 Å². The zero-order valence-electron chi connectivity index (χ0n) is 13.2. The van der Waals surface area contributed by atoms with Crippen molar-refractivity contribution in [3.8, 4) is 11.3 Å². The van der Waals surface area contributed by atoms with Crippen LogP contribution in [0, 0.1) is 11.3 Å². The second-order valence-electron chi connectivity index (χ2n) is 7.34. The first-order valence-electron chi connectivity index (χ1n) is 8.67. The average Bonchev–Trinajstić information content (AvgIpc) is 3.25. The summed E-state index contributed by atoms with van der Waals surface area (Å²) >= 11 is 0. The van der Waals surface area contributed by atoms with Gasteiger partial charge in [0.05, 0.1) is 30.4 Å². The van der Waals surface area contributed by atoms with Crippen LogP contribution in [0.4, 0.5) is 0 Å². The maximum atomic E-state index is 11.2. The molecular formula is C19H22N2O2. The monoisotopic (exact) mass is 310 g/mol. The second kappa shape index (κ2) is 4.92. The molecule has 1 aliphatic carbocycles. The highest BCUT2D eigenvalue weighted by molar-refractivity contribution is 5.69. The largest absolute Gasteiger partial charge is 0.392 e. The molecule has 5 rings (SSSR count). The lowest BCUT2D eigenvalue weighted by atomic mass is 9.74. The number of aliphatic hydroxyl groups excluding tert-OH is 1. The maximum absolute atomic E-state index is 11.2. The molecule has 1 unspecified atom stereocenters. The predicted molar refractivity (Wildman–Crippen MR) is 87.0 cm³/mol. The Bertz CT molecular complexity index is 732. The van der Waals surface area contributed by atoms with E-state index >= 15 is 0 Å². The van der Waals surface area contributed by atoms with Crippen molar-refractivity contribution >= 4 is 0 Å². The lowest BCUT2D eigenvalue weighted by Crippen LogP contribution is -2.40. The first kappa shape index (κ1) is 13.8. The summed E-state index contributed by atoms with van der Waals surface area (Å²) in [5.74, 6) is 0.268. The fourth-order valence-corrected chi connectivity index (χ4v) is 5.18. The number of hydrogen-bond donors (Lipinski definition) is 1. The van der Waals surface area contributed by atoms with Crippen molar-refractivity contribution in [2.75, 3.05) is 13.2 Å².